The standard InChI is InChI=1S/C45H67FN2O3/c1-7-8-11-30-16-22-45(29-47-25-19-38(49)48-26-9-10-27-48)24-23-43(5)34(39(30)45)14-15-37-42(4)20-17-33(32-13-12-31(40(50)51)28-35(32)46)41(2,3)36(42)18-21-44(37,43)6/h12-13,17,28,30,34,36-37,39,47H,7-11,14-16,18-27,29H2,1-6H3,(H,50,51)/t30-,34-,36+,37?,39-,42+,43-,44-,45-/m1/s1. The molecule has 5 nitrogen and oxygen atoms in total. The zero-order valence-electron chi connectivity index (χ0n) is 32.7. The number of hydrogen-bond acceptors (Lipinski definition) is 3. The number of hydrogen-bond donors (Lipinski definition) is 2. The third kappa shape index (κ3) is 5.86. The van der Waals surface area contributed by atoms with E-state index in [0.717, 1.165) is 75.2 Å². The maximum absolute atomic E-state index is 15.5. The van der Waals surface area contributed by atoms with Crippen LogP contribution in [0.5, 0.6) is 0 Å². The van der Waals surface area contributed by atoms with Crippen LogP contribution in [0.25, 0.3) is 5.57 Å². The average molecular weight is 703 g/mol. The molecule has 1 aromatic carbocycles. The highest BCUT2D eigenvalue weighted by Gasteiger charge is 2.70. The number of amides is 1. The number of carbonyl (C=O) groups is 2. The lowest BCUT2D eigenvalue weighted by Gasteiger charge is -2.72. The van der Waals surface area contributed by atoms with E-state index in [1.54, 1.807) is 12.1 Å². The number of benzene rings is 1. The third-order valence-electron chi connectivity index (χ3n) is 17.2. The summed E-state index contributed by atoms with van der Waals surface area (Å²) >= 11 is 0. The van der Waals surface area contributed by atoms with Crippen molar-refractivity contribution in [1.29, 1.82) is 0 Å². The maximum atomic E-state index is 15.5. The molecule has 9 atom stereocenters. The molecule has 6 aliphatic rings. The summed E-state index contributed by atoms with van der Waals surface area (Å²) in [4.78, 5) is 26.5. The molecule has 282 valence electrons. The summed E-state index contributed by atoms with van der Waals surface area (Å²) in [6.07, 6.45) is 20.6. The zero-order chi connectivity index (χ0) is 36.4. The van der Waals surface area contributed by atoms with Gasteiger partial charge in [-0.05, 0) is 145 Å². The second kappa shape index (κ2) is 13.6. The van der Waals surface area contributed by atoms with Gasteiger partial charge in [-0.15, -0.1) is 0 Å². The van der Waals surface area contributed by atoms with Crippen LogP contribution in [0.1, 0.15) is 154 Å². The molecule has 1 saturated heterocycles. The molecular weight excluding hydrogens is 636 g/mol. The number of unbranched alkanes of at least 4 members (excludes halogenated alkanes) is 1. The number of nitrogens with one attached hydrogen (secondary N) is 1. The molecule has 51 heavy (non-hydrogen) atoms. The van der Waals surface area contributed by atoms with Crippen LogP contribution in [0.4, 0.5) is 4.39 Å². The Kier molecular flexibility index (Phi) is 9.88. The van der Waals surface area contributed by atoms with Crippen LogP contribution in [-0.4, -0.2) is 48.1 Å². The normalized spacial score (nSPS) is 39.8. The van der Waals surface area contributed by atoms with Crippen LogP contribution in [-0.2, 0) is 4.79 Å². The van der Waals surface area contributed by atoms with Crippen molar-refractivity contribution in [2.75, 3.05) is 26.2 Å². The number of carboxylic acid groups (broad SMARTS) is 1. The Labute approximate surface area is 308 Å². The predicted octanol–water partition coefficient (Wildman–Crippen LogP) is 10.4. The summed E-state index contributed by atoms with van der Waals surface area (Å²) in [5.74, 6) is 2.22. The lowest BCUT2D eigenvalue weighted by Crippen LogP contribution is -2.65. The first kappa shape index (κ1) is 37.1. The van der Waals surface area contributed by atoms with Gasteiger partial charge in [-0.3, -0.25) is 4.79 Å². The number of aromatic carboxylic acids is 1. The lowest BCUT2D eigenvalue weighted by atomic mass is 9.32. The van der Waals surface area contributed by atoms with Gasteiger partial charge in [0.2, 0.25) is 5.91 Å². The first-order valence-corrected chi connectivity index (χ1v) is 20.9. The number of allylic oxidation sites excluding steroid dienone is 2. The monoisotopic (exact) mass is 703 g/mol. The van der Waals surface area contributed by atoms with Gasteiger partial charge in [0.05, 0.1) is 5.56 Å². The number of rotatable bonds is 10. The molecule has 0 spiro atoms. The molecule has 7 rings (SSSR count). The van der Waals surface area contributed by atoms with Crippen molar-refractivity contribution < 1.29 is 19.1 Å². The van der Waals surface area contributed by atoms with E-state index in [4.69, 9.17) is 0 Å². The van der Waals surface area contributed by atoms with Gasteiger partial charge in [0.25, 0.3) is 0 Å². The number of carbonyl (C=O) groups excluding carboxylic acids is 1. The Morgan fingerprint density at radius 3 is 2.41 bits per heavy atom. The van der Waals surface area contributed by atoms with Crippen LogP contribution in [0.2, 0.25) is 0 Å². The Morgan fingerprint density at radius 2 is 1.71 bits per heavy atom. The highest BCUT2D eigenvalue weighted by molar-refractivity contribution is 5.88. The van der Waals surface area contributed by atoms with Crippen LogP contribution in [0, 0.1) is 62.5 Å². The third-order valence-corrected chi connectivity index (χ3v) is 17.2. The molecule has 0 bridgehead atoms. The maximum Gasteiger partial charge on any atom is 0.335 e. The summed E-state index contributed by atoms with van der Waals surface area (Å²) in [5.41, 5.74) is 2.49. The fourth-order valence-corrected chi connectivity index (χ4v) is 14.6. The van der Waals surface area contributed by atoms with Gasteiger partial charge < -0.3 is 15.3 Å². The number of carboxylic acids is 1. The van der Waals surface area contributed by atoms with Gasteiger partial charge >= 0.3 is 5.97 Å². The van der Waals surface area contributed by atoms with E-state index in [1.165, 1.54) is 70.3 Å². The van der Waals surface area contributed by atoms with Crippen molar-refractivity contribution >= 4 is 17.4 Å². The van der Waals surface area contributed by atoms with Crippen LogP contribution < -0.4 is 5.32 Å². The first-order valence-electron chi connectivity index (χ1n) is 20.9. The van der Waals surface area contributed by atoms with Crippen molar-refractivity contribution in [3.05, 3.63) is 41.2 Å². The SMILES string of the molecule is CCCC[C@@H]1CC[C@]2(CNCCC(=O)N3CCCC3)CC[C@]3(C)[C@H](CCC4[C@@]5(C)CC=C(c6ccc(C(=O)O)cc6F)C(C)(C)[C@@H]5CC[C@]43C)[C@@H]12. The van der Waals surface area contributed by atoms with Crippen molar-refractivity contribution in [2.45, 2.75) is 138 Å². The highest BCUT2D eigenvalue weighted by atomic mass is 19.1. The minimum atomic E-state index is -1.09. The molecule has 5 aliphatic carbocycles. The molecule has 6 heteroatoms. The van der Waals surface area contributed by atoms with Crippen LogP contribution in [0.3, 0.4) is 0 Å². The Hall–Kier alpha value is -2.21. The molecule has 2 N–H and O–H groups in total. The molecule has 0 radical (unpaired) electrons. The smallest absolute Gasteiger partial charge is 0.335 e. The van der Waals surface area contributed by atoms with Crippen LogP contribution in [0.15, 0.2) is 24.3 Å². The quantitative estimate of drug-likeness (QED) is 0.238. The minimum absolute atomic E-state index is 0.00726. The fraction of sp³-hybridized carbons (Fsp3) is 0.778. The number of halogens is 1. The van der Waals surface area contributed by atoms with Gasteiger partial charge in [-0.25, -0.2) is 9.18 Å². The van der Waals surface area contributed by atoms with E-state index < -0.39 is 11.8 Å². The van der Waals surface area contributed by atoms with Gasteiger partial charge in [0.15, 0.2) is 0 Å². The summed E-state index contributed by atoms with van der Waals surface area (Å²) < 4.78 is 15.5. The second-order valence-electron chi connectivity index (χ2n) is 19.6. The van der Waals surface area contributed by atoms with E-state index in [2.05, 4.69) is 57.8 Å². The van der Waals surface area contributed by atoms with Crippen LogP contribution >= 0.6 is 0 Å². The summed E-state index contributed by atoms with van der Waals surface area (Å²) in [6.45, 7) is 18.8. The second-order valence-corrected chi connectivity index (χ2v) is 19.6. The van der Waals surface area contributed by atoms with E-state index in [9.17, 15) is 14.7 Å². The largest absolute Gasteiger partial charge is 0.478 e. The molecular formula is C45H67FN2O3. The zero-order valence-corrected chi connectivity index (χ0v) is 32.7. The number of nitrogens with zero attached hydrogens (tertiary/aromatic N) is 1. The van der Waals surface area contributed by atoms with Crippen molar-refractivity contribution in [3.63, 3.8) is 0 Å². The molecule has 1 heterocycles. The Balaban J connectivity index is 1.14. The average Bonchev–Trinajstić information content (AvgIpc) is 3.75. The van der Waals surface area contributed by atoms with Crippen molar-refractivity contribution in [3.8, 4) is 0 Å². The summed E-state index contributed by atoms with van der Waals surface area (Å²) in [6, 6.07) is 4.47. The van der Waals surface area contributed by atoms with Crippen molar-refractivity contribution in [1.82, 2.24) is 10.2 Å². The van der Waals surface area contributed by atoms with E-state index >= 15 is 4.39 Å². The van der Waals surface area contributed by atoms with E-state index in [1.807, 2.05) is 0 Å². The Morgan fingerprint density at radius 1 is 0.941 bits per heavy atom. The van der Waals surface area contributed by atoms with E-state index in [0.29, 0.717) is 40.6 Å². The van der Waals surface area contributed by atoms with Gasteiger partial charge in [0, 0.05) is 38.2 Å². The lowest BCUT2D eigenvalue weighted by molar-refractivity contribution is -0.226. The Bertz CT molecular complexity index is 1530. The first-order chi connectivity index (χ1) is 24.2. The van der Waals surface area contributed by atoms with E-state index in [-0.39, 0.29) is 21.8 Å². The molecule has 1 unspecified atom stereocenters. The van der Waals surface area contributed by atoms with Crippen molar-refractivity contribution in [2.24, 2.45) is 56.7 Å². The number of likely N-dealkylation sites (tertiary alicyclic amines) is 1. The van der Waals surface area contributed by atoms with Gasteiger partial charge in [-0.2, -0.15) is 0 Å². The molecule has 0 aromatic heterocycles. The molecule has 1 aliphatic heterocycles. The highest BCUT2D eigenvalue weighted by Crippen LogP contribution is 2.77. The molecule has 4 saturated carbocycles. The summed E-state index contributed by atoms with van der Waals surface area (Å²) in [5, 5.41) is 13.4. The molecule has 1 amide bonds. The number of fused-ring (bicyclic) bond motifs is 7. The molecule has 5 fully saturated rings. The minimum Gasteiger partial charge on any atom is -0.478 e. The molecule has 1 aromatic rings. The predicted molar refractivity (Wildman–Crippen MR) is 204 cm³/mol. The summed E-state index contributed by atoms with van der Waals surface area (Å²) in [7, 11) is 0. The van der Waals surface area contributed by atoms with Gasteiger partial charge in [-0.1, -0.05) is 72.9 Å². The fourth-order valence-electron chi connectivity index (χ4n) is 14.6. The van der Waals surface area contributed by atoms with Gasteiger partial charge in [0.1, 0.15) is 5.82 Å². The topological polar surface area (TPSA) is 69.6 Å².